The van der Waals surface area contributed by atoms with Crippen molar-refractivity contribution in [2.24, 2.45) is 5.73 Å². The van der Waals surface area contributed by atoms with E-state index in [9.17, 15) is 9.59 Å². The predicted molar refractivity (Wildman–Crippen MR) is 73.0 cm³/mol. The third kappa shape index (κ3) is 3.51. The molecule has 0 aliphatic heterocycles. The Morgan fingerprint density at radius 2 is 2.25 bits per heavy atom. The van der Waals surface area contributed by atoms with Crippen LogP contribution in [0.25, 0.3) is 0 Å². The van der Waals surface area contributed by atoms with Gasteiger partial charge in [0.05, 0.1) is 12.1 Å². The summed E-state index contributed by atoms with van der Waals surface area (Å²) in [5.41, 5.74) is 5.86. The van der Waals surface area contributed by atoms with Crippen LogP contribution in [0.2, 0.25) is 0 Å². The van der Waals surface area contributed by atoms with E-state index >= 15 is 0 Å². The summed E-state index contributed by atoms with van der Waals surface area (Å²) >= 11 is 0. The van der Waals surface area contributed by atoms with Crippen LogP contribution in [0, 0.1) is 11.8 Å². The van der Waals surface area contributed by atoms with Crippen molar-refractivity contribution < 1.29 is 4.79 Å². The van der Waals surface area contributed by atoms with Crippen LogP contribution in [0.5, 0.6) is 0 Å². The summed E-state index contributed by atoms with van der Waals surface area (Å²) in [4.78, 5) is 26.8. The van der Waals surface area contributed by atoms with E-state index in [4.69, 9.17) is 5.73 Å². The Morgan fingerprint density at radius 1 is 1.40 bits per heavy atom. The van der Waals surface area contributed by atoms with Crippen molar-refractivity contribution in [1.29, 1.82) is 0 Å². The fourth-order valence-electron chi connectivity index (χ4n) is 1.39. The lowest BCUT2D eigenvalue weighted by atomic mass is 10.2. The van der Waals surface area contributed by atoms with E-state index in [0.717, 1.165) is 0 Å². The maximum absolute atomic E-state index is 12.0. The van der Waals surface area contributed by atoms with Gasteiger partial charge in [-0.2, -0.15) is 5.10 Å². The molecule has 0 fully saturated rings. The summed E-state index contributed by atoms with van der Waals surface area (Å²) in [5, 5.41) is 8.44. The number of pyridine rings is 1. The van der Waals surface area contributed by atoms with Crippen LogP contribution < -0.4 is 16.6 Å². The second-order valence-corrected chi connectivity index (χ2v) is 3.73. The first kappa shape index (κ1) is 13.5. The van der Waals surface area contributed by atoms with Gasteiger partial charge in [-0.15, -0.1) is 0 Å². The maximum atomic E-state index is 12.0. The maximum Gasteiger partial charge on any atom is 0.264 e. The van der Waals surface area contributed by atoms with Crippen molar-refractivity contribution in [3.8, 4) is 11.8 Å². The highest BCUT2D eigenvalue weighted by Gasteiger charge is 2.07. The largest absolute Gasteiger partial charge is 0.320 e. The van der Waals surface area contributed by atoms with E-state index in [1.807, 2.05) is 0 Å². The summed E-state index contributed by atoms with van der Waals surface area (Å²) in [6.45, 7) is 0.234. The topological polar surface area (TPSA) is 114 Å². The summed E-state index contributed by atoms with van der Waals surface area (Å²) in [5.74, 6) is 5.32. The highest BCUT2D eigenvalue weighted by atomic mass is 16.2. The zero-order valence-electron chi connectivity index (χ0n) is 10.4. The molecule has 0 radical (unpaired) electrons. The smallest absolute Gasteiger partial charge is 0.264 e. The number of nitrogens with two attached hydrogens (primary N) is 1. The van der Waals surface area contributed by atoms with Crippen LogP contribution in [0.15, 0.2) is 35.4 Å². The van der Waals surface area contributed by atoms with Crippen LogP contribution in [0.1, 0.15) is 15.9 Å². The third-order valence-electron chi connectivity index (χ3n) is 2.26. The van der Waals surface area contributed by atoms with Gasteiger partial charge in [-0.05, 0) is 12.1 Å². The van der Waals surface area contributed by atoms with Crippen LogP contribution in [0.3, 0.4) is 0 Å². The number of amides is 1. The molecule has 100 valence electrons. The summed E-state index contributed by atoms with van der Waals surface area (Å²) in [6, 6.07) is 4.27. The SMILES string of the molecule is NCC#Cc1cncc(C(=O)Nc2ccc(=O)[nH]n2)c1. The molecule has 0 aliphatic carbocycles. The van der Waals surface area contributed by atoms with E-state index in [1.54, 1.807) is 6.07 Å². The van der Waals surface area contributed by atoms with Crippen molar-refractivity contribution in [1.82, 2.24) is 15.2 Å². The third-order valence-corrected chi connectivity index (χ3v) is 2.26. The molecule has 0 aliphatic rings. The average molecular weight is 269 g/mol. The lowest BCUT2D eigenvalue weighted by Crippen LogP contribution is -2.16. The van der Waals surface area contributed by atoms with E-state index in [-0.39, 0.29) is 17.9 Å². The first-order valence-electron chi connectivity index (χ1n) is 5.70. The van der Waals surface area contributed by atoms with Crippen LogP contribution in [0.4, 0.5) is 5.82 Å². The second kappa shape index (κ2) is 6.26. The van der Waals surface area contributed by atoms with Gasteiger partial charge in [0.15, 0.2) is 5.82 Å². The lowest BCUT2D eigenvalue weighted by Gasteiger charge is -2.03. The molecule has 0 atom stereocenters. The fraction of sp³-hybridized carbons (Fsp3) is 0.0769. The molecule has 20 heavy (non-hydrogen) atoms. The number of hydrogen-bond acceptors (Lipinski definition) is 5. The minimum absolute atomic E-state index is 0.234. The molecule has 2 aromatic rings. The predicted octanol–water partition coefficient (Wildman–Crippen LogP) is -0.273. The van der Waals surface area contributed by atoms with Gasteiger partial charge in [0.2, 0.25) is 0 Å². The molecule has 0 spiro atoms. The molecule has 0 saturated heterocycles. The molecular weight excluding hydrogens is 258 g/mol. The van der Waals surface area contributed by atoms with Crippen molar-refractivity contribution in [2.75, 3.05) is 11.9 Å². The van der Waals surface area contributed by atoms with E-state index < -0.39 is 5.91 Å². The number of rotatable bonds is 2. The van der Waals surface area contributed by atoms with Gasteiger partial charge in [0, 0.05) is 24.0 Å². The monoisotopic (exact) mass is 269 g/mol. The van der Waals surface area contributed by atoms with Crippen molar-refractivity contribution in [3.05, 3.63) is 52.1 Å². The van der Waals surface area contributed by atoms with E-state index in [0.29, 0.717) is 11.1 Å². The number of nitrogens with zero attached hydrogens (tertiary/aromatic N) is 2. The normalized spacial score (nSPS) is 9.45. The Balaban J connectivity index is 2.16. The van der Waals surface area contributed by atoms with Gasteiger partial charge >= 0.3 is 0 Å². The highest BCUT2D eigenvalue weighted by Crippen LogP contribution is 2.05. The zero-order chi connectivity index (χ0) is 14.4. The van der Waals surface area contributed by atoms with Crippen molar-refractivity contribution >= 4 is 11.7 Å². The molecular formula is C13H11N5O2. The molecule has 1 amide bonds. The Morgan fingerprint density at radius 3 is 2.95 bits per heavy atom. The molecule has 0 bridgehead atoms. The molecule has 4 N–H and O–H groups in total. The quantitative estimate of drug-likeness (QED) is 0.649. The van der Waals surface area contributed by atoms with Gasteiger partial charge in [-0.1, -0.05) is 11.8 Å². The zero-order valence-corrected chi connectivity index (χ0v) is 10.4. The van der Waals surface area contributed by atoms with Gasteiger partial charge in [0.1, 0.15) is 0 Å². The Labute approximate surface area is 114 Å². The Hall–Kier alpha value is -2.98. The molecule has 7 heteroatoms. The highest BCUT2D eigenvalue weighted by molar-refractivity contribution is 6.03. The number of hydrogen-bond donors (Lipinski definition) is 3. The Kier molecular flexibility index (Phi) is 4.21. The number of aromatic nitrogens is 3. The van der Waals surface area contributed by atoms with E-state index in [1.165, 1.54) is 24.5 Å². The van der Waals surface area contributed by atoms with Crippen LogP contribution in [-0.4, -0.2) is 27.6 Å². The second-order valence-electron chi connectivity index (χ2n) is 3.73. The standard InChI is InChI=1S/C13H11N5O2/c14-5-1-2-9-6-10(8-15-7-9)13(20)16-11-3-4-12(19)18-17-11/h3-4,6-8H,5,14H2,(H,18,19)(H,16,17,20). The van der Waals surface area contributed by atoms with Gasteiger partial charge in [0.25, 0.3) is 11.5 Å². The minimum atomic E-state index is -0.395. The van der Waals surface area contributed by atoms with Crippen LogP contribution >= 0.6 is 0 Å². The molecule has 2 aromatic heterocycles. The summed E-state index contributed by atoms with van der Waals surface area (Å²) in [6.07, 6.45) is 2.95. The lowest BCUT2D eigenvalue weighted by molar-refractivity contribution is 0.102. The average Bonchev–Trinajstić information content (AvgIpc) is 2.48. The summed E-state index contributed by atoms with van der Waals surface area (Å²) in [7, 11) is 0. The Bertz CT molecular complexity index is 722. The molecule has 2 heterocycles. The number of carbonyl (C=O) groups is 1. The first-order valence-corrected chi connectivity index (χ1v) is 5.70. The van der Waals surface area contributed by atoms with Gasteiger partial charge < -0.3 is 11.1 Å². The molecule has 2 rings (SSSR count). The number of aromatic amines is 1. The van der Waals surface area contributed by atoms with Crippen molar-refractivity contribution in [3.63, 3.8) is 0 Å². The van der Waals surface area contributed by atoms with Crippen molar-refractivity contribution in [2.45, 2.75) is 0 Å². The van der Waals surface area contributed by atoms with E-state index in [2.05, 4.69) is 32.3 Å². The summed E-state index contributed by atoms with van der Waals surface area (Å²) < 4.78 is 0. The number of H-pyrrole nitrogens is 1. The minimum Gasteiger partial charge on any atom is -0.320 e. The number of nitrogens with one attached hydrogen (secondary N) is 2. The first-order chi connectivity index (χ1) is 9.69. The molecule has 0 unspecified atom stereocenters. The van der Waals surface area contributed by atoms with Gasteiger partial charge in [-0.25, -0.2) is 5.10 Å². The fourth-order valence-corrected chi connectivity index (χ4v) is 1.39. The van der Waals surface area contributed by atoms with Gasteiger partial charge in [-0.3, -0.25) is 14.6 Å². The number of carbonyl (C=O) groups excluding carboxylic acids is 1. The van der Waals surface area contributed by atoms with Crippen LogP contribution in [-0.2, 0) is 0 Å². The molecule has 0 aromatic carbocycles. The molecule has 7 nitrogen and oxygen atoms in total. The molecule has 0 saturated carbocycles. The number of anilines is 1.